The van der Waals surface area contributed by atoms with Crippen molar-refractivity contribution in [2.24, 2.45) is 0 Å². The molecule has 2 aromatic rings. The van der Waals surface area contributed by atoms with E-state index in [9.17, 15) is 21.6 Å². The van der Waals surface area contributed by atoms with E-state index in [-0.39, 0.29) is 17.0 Å². The van der Waals surface area contributed by atoms with Gasteiger partial charge in [-0.1, -0.05) is 0 Å². The molecule has 138 valence electrons. The van der Waals surface area contributed by atoms with Gasteiger partial charge in [-0.05, 0) is 37.1 Å². The average Bonchev–Trinajstić information content (AvgIpc) is 2.90. The zero-order valence-electron chi connectivity index (χ0n) is 13.3. The molecule has 0 radical (unpaired) electrons. The minimum Gasteiger partial charge on any atom is -0.406 e. The zero-order valence-corrected chi connectivity index (χ0v) is 14.2. The Morgan fingerprint density at radius 1 is 1.15 bits per heavy atom. The Labute approximate surface area is 147 Å². The second kappa shape index (κ2) is 5.92. The average molecular weight is 385 g/mol. The number of rotatable bonds is 3. The maximum absolute atomic E-state index is 13.1. The molecule has 10 heteroatoms. The molecule has 0 saturated carbocycles. The molecule has 0 spiro atoms. The summed E-state index contributed by atoms with van der Waals surface area (Å²) >= 11 is 0. The molecule has 3 heterocycles. The molecule has 2 atom stereocenters. The van der Waals surface area contributed by atoms with E-state index in [1.807, 2.05) is 0 Å². The summed E-state index contributed by atoms with van der Waals surface area (Å²) < 4.78 is 68.2. The van der Waals surface area contributed by atoms with Crippen LogP contribution in [-0.4, -0.2) is 35.1 Å². The van der Waals surface area contributed by atoms with Gasteiger partial charge in [-0.15, -0.1) is 13.2 Å². The molecule has 1 fully saturated rings. The van der Waals surface area contributed by atoms with Gasteiger partial charge in [0.25, 0.3) is 0 Å². The largest absolute Gasteiger partial charge is 0.573 e. The molecular weight excluding hydrogens is 371 g/mol. The fourth-order valence-electron chi connectivity index (χ4n) is 3.68. The molecular formula is C16H14F3N3O3S. The van der Waals surface area contributed by atoms with Crippen LogP contribution in [0, 0.1) is 0 Å². The van der Waals surface area contributed by atoms with E-state index in [1.165, 1.54) is 10.6 Å². The highest BCUT2D eigenvalue weighted by molar-refractivity contribution is 7.89. The van der Waals surface area contributed by atoms with Crippen LogP contribution in [0.15, 0.2) is 41.7 Å². The molecule has 0 aliphatic carbocycles. The number of nitrogens with zero attached hydrogens (tertiary/aromatic N) is 3. The van der Waals surface area contributed by atoms with E-state index in [4.69, 9.17) is 0 Å². The van der Waals surface area contributed by atoms with Crippen LogP contribution in [0.2, 0.25) is 0 Å². The SMILES string of the molecule is O=S(=O)(c1ccc(OC(F)(F)F)cc1)N1C2CCC1c1cncnc1C2. The van der Waals surface area contributed by atoms with Crippen molar-refractivity contribution in [3.05, 3.63) is 48.0 Å². The van der Waals surface area contributed by atoms with Gasteiger partial charge in [0.15, 0.2) is 0 Å². The van der Waals surface area contributed by atoms with Gasteiger partial charge < -0.3 is 4.74 Å². The van der Waals surface area contributed by atoms with Crippen molar-refractivity contribution in [2.75, 3.05) is 0 Å². The summed E-state index contributed by atoms with van der Waals surface area (Å²) in [4.78, 5) is 8.17. The Hall–Kier alpha value is -2.20. The van der Waals surface area contributed by atoms with Crippen molar-refractivity contribution in [1.82, 2.24) is 14.3 Å². The summed E-state index contributed by atoms with van der Waals surface area (Å²) in [6.07, 6.45) is 0.132. The van der Waals surface area contributed by atoms with E-state index in [2.05, 4.69) is 14.7 Å². The predicted octanol–water partition coefficient (Wildman–Crippen LogP) is 2.83. The van der Waals surface area contributed by atoms with Crippen molar-refractivity contribution >= 4 is 10.0 Å². The van der Waals surface area contributed by atoms with Gasteiger partial charge in [0.05, 0.1) is 16.6 Å². The van der Waals surface area contributed by atoms with Gasteiger partial charge in [0, 0.05) is 24.2 Å². The fraction of sp³-hybridized carbons (Fsp3) is 0.375. The van der Waals surface area contributed by atoms with Crippen molar-refractivity contribution in [3.8, 4) is 5.75 Å². The lowest BCUT2D eigenvalue weighted by Crippen LogP contribution is -2.42. The van der Waals surface area contributed by atoms with Crippen LogP contribution in [-0.2, 0) is 16.4 Å². The van der Waals surface area contributed by atoms with E-state index in [1.54, 1.807) is 6.20 Å². The highest BCUT2D eigenvalue weighted by atomic mass is 32.2. The number of hydrogen-bond donors (Lipinski definition) is 0. The molecule has 2 aliphatic heterocycles. The number of alkyl halides is 3. The molecule has 4 rings (SSSR count). The summed E-state index contributed by atoms with van der Waals surface area (Å²) in [5.74, 6) is -0.461. The molecule has 26 heavy (non-hydrogen) atoms. The first-order chi connectivity index (χ1) is 12.3. The second-order valence-electron chi connectivity index (χ2n) is 6.23. The monoisotopic (exact) mass is 385 g/mol. The second-order valence-corrected chi connectivity index (χ2v) is 8.07. The third kappa shape index (κ3) is 2.92. The van der Waals surface area contributed by atoms with Gasteiger partial charge in [0.1, 0.15) is 12.1 Å². The topological polar surface area (TPSA) is 72.4 Å². The quantitative estimate of drug-likeness (QED) is 0.813. The molecule has 0 N–H and O–H groups in total. The summed E-state index contributed by atoms with van der Waals surface area (Å²) in [5.41, 5.74) is 1.65. The molecule has 1 aromatic heterocycles. The molecule has 2 bridgehead atoms. The Kier molecular flexibility index (Phi) is 3.92. The van der Waals surface area contributed by atoms with Crippen molar-refractivity contribution in [3.63, 3.8) is 0 Å². The van der Waals surface area contributed by atoms with Crippen LogP contribution < -0.4 is 4.74 Å². The van der Waals surface area contributed by atoms with E-state index >= 15 is 0 Å². The molecule has 6 nitrogen and oxygen atoms in total. The number of halogens is 3. The normalized spacial score (nSPS) is 22.9. The lowest BCUT2D eigenvalue weighted by atomic mass is 10.0. The molecule has 2 aliphatic rings. The lowest BCUT2D eigenvalue weighted by molar-refractivity contribution is -0.274. The first-order valence-electron chi connectivity index (χ1n) is 7.94. The van der Waals surface area contributed by atoms with Gasteiger partial charge in [-0.25, -0.2) is 18.4 Å². The van der Waals surface area contributed by atoms with Gasteiger partial charge in [-0.2, -0.15) is 4.31 Å². The van der Waals surface area contributed by atoms with Gasteiger partial charge in [-0.3, -0.25) is 0 Å². The van der Waals surface area contributed by atoms with E-state index in [0.29, 0.717) is 19.3 Å². The van der Waals surface area contributed by atoms with E-state index in [0.717, 1.165) is 35.5 Å². The van der Waals surface area contributed by atoms with Crippen molar-refractivity contribution in [1.29, 1.82) is 0 Å². The molecule has 0 amide bonds. The zero-order chi connectivity index (χ0) is 18.5. The first kappa shape index (κ1) is 17.2. The standard InChI is InChI=1S/C16H14F3N3O3S/c17-16(18,19)25-11-2-4-12(5-3-11)26(23,24)22-10-1-6-15(22)13-8-20-9-21-14(13)7-10/h2-5,8-10,15H,1,6-7H2. The van der Waals surface area contributed by atoms with Gasteiger partial charge in [0.2, 0.25) is 10.0 Å². The third-order valence-electron chi connectivity index (χ3n) is 4.69. The highest BCUT2D eigenvalue weighted by Gasteiger charge is 2.47. The Morgan fingerprint density at radius 3 is 2.58 bits per heavy atom. The Bertz CT molecular complexity index is 932. The number of fused-ring (bicyclic) bond motifs is 4. The van der Waals surface area contributed by atoms with Crippen LogP contribution in [0.1, 0.15) is 30.1 Å². The lowest BCUT2D eigenvalue weighted by Gasteiger charge is -2.34. The highest BCUT2D eigenvalue weighted by Crippen LogP contribution is 2.45. The summed E-state index contributed by atoms with van der Waals surface area (Å²) in [6.45, 7) is 0. The summed E-state index contributed by atoms with van der Waals surface area (Å²) in [6, 6.07) is 3.71. The smallest absolute Gasteiger partial charge is 0.406 e. The number of benzene rings is 1. The third-order valence-corrected chi connectivity index (χ3v) is 6.66. The number of sulfonamides is 1. The molecule has 1 aromatic carbocycles. The minimum atomic E-state index is -4.82. The van der Waals surface area contributed by atoms with Gasteiger partial charge >= 0.3 is 6.36 Å². The van der Waals surface area contributed by atoms with Crippen LogP contribution in [0.5, 0.6) is 5.75 Å². The van der Waals surface area contributed by atoms with Crippen molar-refractivity contribution in [2.45, 2.75) is 42.6 Å². The number of hydrogen-bond acceptors (Lipinski definition) is 5. The predicted molar refractivity (Wildman–Crippen MR) is 83.6 cm³/mol. The Balaban J connectivity index is 1.66. The fourth-order valence-corrected chi connectivity index (χ4v) is 5.53. The van der Waals surface area contributed by atoms with Crippen LogP contribution in [0.3, 0.4) is 0 Å². The summed E-state index contributed by atoms with van der Waals surface area (Å²) in [5, 5.41) is 0. The Morgan fingerprint density at radius 2 is 1.88 bits per heavy atom. The minimum absolute atomic E-state index is 0.0655. The maximum atomic E-state index is 13.1. The maximum Gasteiger partial charge on any atom is 0.573 e. The number of aromatic nitrogens is 2. The number of ether oxygens (including phenoxy) is 1. The molecule has 1 saturated heterocycles. The first-order valence-corrected chi connectivity index (χ1v) is 9.38. The summed E-state index contributed by atoms with van der Waals surface area (Å²) in [7, 11) is -3.86. The van der Waals surface area contributed by atoms with Crippen LogP contribution in [0.4, 0.5) is 13.2 Å². The van der Waals surface area contributed by atoms with Crippen molar-refractivity contribution < 1.29 is 26.3 Å². The van der Waals surface area contributed by atoms with Crippen LogP contribution in [0.25, 0.3) is 0 Å². The van der Waals surface area contributed by atoms with Crippen LogP contribution >= 0.6 is 0 Å². The van der Waals surface area contributed by atoms with E-state index < -0.39 is 22.1 Å². The molecule has 2 unspecified atom stereocenters.